The number of methoxy groups -OCH3 is 1. The zero-order valence-corrected chi connectivity index (χ0v) is 9.38. The maximum absolute atomic E-state index is 13.3. The van der Waals surface area contributed by atoms with Crippen LogP contribution in [-0.2, 0) is 4.79 Å². The Bertz CT molecular complexity index is 433. The van der Waals surface area contributed by atoms with Crippen molar-refractivity contribution < 1.29 is 24.1 Å². The molecule has 0 spiro atoms. The van der Waals surface area contributed by atoms with E-state index in [-0.39, 0.29) is 21.9 Å². The molecule has 0 saturated heterocycles. The van der Waals surface area contributed by atoms with Crippen molar-refractivity contribution >= 4 is 17.6 Å². The summed E-state index contributed by atoms with van der Waals surface area (Å²) in [6.45, 7) is 1.34. The molecule has 1 rings (SSSR count). The van der Waals surface area contributed by atoms with Crippen LogP contribution in [-0.4, -0.2) is 23.3 Å². The number of halogens is 2. The van der Waals surface area contributed by atoms with Crippen molar-refractivity contribution in [1.82, 2.24) is 0 Å². The van der Waals surface area contributed by atoms with Gasteiger partial charge in [-0.3, -0.25) is 0 Å². The molecule has 4 nitrogen and oxygen atoms in total. The smallest absolute Gasteiger partial charge is 0.337 e. The summed E-state index contributed by atoms with van der Waals surface area (Å²) in [6, 6.07) is 1.01. The molecule has 0 aliphatic carbocycles. The maximum atomic E-state index is 13.3. The maximum Gasteiger partial charge on any atom is 0.337 e. The summed E-state index contributed by atoms with van der Waals surface area (Å²) in [4.78, 5) is 10.7. The Morgan fingerprint density at radius 2 is 2.19 bits per heavy atom. The van der Waals surface area contributed by atoms with Gasteiger partial charge in [0.1, 0.15) is 11.6 Å². The molecule has 1 aromatic carbocycles. The number of carboxylic acid groups (broad SMARTS) is 1. The number of rotatable bonds is 3. The van der Waals surface area contributed by atoms with Crippen LogP contribution < -0.4 is 4.74 Å². The highest BCUT2D eigenvalue weighted by Gasteiger charge is 2.26. The summed E-state index contributed by atoms with van der Waals surface area (Å²) in [5, 5.41) is 18.0. The first-order valence-corrected chi connectivity index (χ1v) is 4.71. The van der Waals surface area contributed by atoms with Gasteiger partial charge in [0.25, 0.3) is 0 Å². The molecule has 0 aliphatic rings. The Morgan fingerprint density at radius 1 is 1.62 bits per heavy atom. The topological polar surface area (TPSA) is 66.8 Å². The van der Waals surface area contributed by atoms with Gasteiger partial charge in [0.15, 0.2) is 6.10 Å². The second-order valence-corrected chi connectivity index (χ2v) is 3.56. The van der Waals surface area contributed by atoms with E-state index in [0.717, 1.165) is 6.07 Å². The standard InChI is InChI=1S/C10H10ClFO4/c1-4-6(12)3-5(11)9(16-2)7(4)8(13)10(14)15/h3,8,13H,1-2H3,(H,14,15). The van der Waals surface area contributed by atoms with E-state index < -0.39 is 17.9 Å². The number of aliphatic hydroxyl groups is 1. The third kappa shape index (κ3) is 2.10. The highest BCUT2D eigenvalue weighted by Crippen LogP contribution is 2.36. The molecule has 6 heteroatoms. The molecule has 0 heterocycles. The lowest BCUT2D eigenvalue weighted by atomic mass is 10.0. The molecule has 0 bridgehead atoms. The SMILES string of the molecule is COc1c(Cl)cc(F)c(C)c1C(O)C(=O)O. The Hall–Kier alpha value is -1.33. The Morgan fingerprint density at radius 3 is 2.62 bits per heavy atom. The third-order valence-electron chi connectivity index (χ3n) is 2.19. The van der Waals surface area contributed by atoms with Crippen molar-refractivity contribution in [3.05, 3.63) is 28.0 Å². The minimum atomic E-state index is -1.87. The lowest BCUT2D eigenvalue weighted by Crippen LogP contribution is -2.14. The molecule has 1 unspecified atom stereocenters. The van der Waals surface area contributed by atoms with Crippen LogP contribution in [0.5, 0.6) is 5.75 Å². The predicted octanol–water partition coefficient (Wildman–Crippen LogP) is 1.91. The lowest BCUT2D eigenvalue weighted by Gasteiger charge is -2.16. The molecule has 0 fully saturated rings. The molecule has 0 aliphatic heterocycles. The molecule has 0 radical (unpaired) electrons. The van der Waals surface area contributed by atoms with Gasteiger partial charge in [-0.05, 0) is 18.6 Å². The van der Waals surface area contributed by atoms with Crippen molar-refractivity contribution in [2.75, 3.05) is 7.11 Å². The van der Waals surface area contributed by atoms with E-state index in [1.165, 1.54) is 14.0 Å². The summed E-state index contributed by atoms with van der Waals surface area (Å²) < 4.78 is 18.2. The van der Waals surface area contributed by atoms with Gasteiger partial charge in [-0.15, -0.1) is 0 Å². The monoisotopic (exact) mass is 248 g/mol. The van der Waals surface area contributed by atoms with Crippen LogP contribution in [0, 0.1) is 12.7 Å². The van der Waals surface area contributed by atoms with Gasteiger partial charge in [0.05, 0.1) is 12.1 Å². The van der Waals surface area contributed by atoms with Crippen LogP contribution in [0.3, 0.4) is 0 Å². The molecule has 0 amide bonds. The van der Waals surface area contributed by atoms with Gasteiger partial charge in [0, 0.05) is 5.56 Å². The molecule has 1 aromatic rings. The van der Waals surface area contributed by atoms with Crippen LogP contribution >= 0.6 is 11.6 Å². The summed E-state index contributed by atoms with van der Waals surface area (Å²) in [5.41, 5.74) is -0.170. The molecular weight excluding hydrogens is 239 g/mol. The summed E-state index contributed by atoms with van der Waals surface area (Å²) in [6.07, 6.45) is -1.87. The van der Waals surface area contributed by atoms with Crippen LogP contribution in [0.4, 0.5) is 4.39 Å². The van der Waals surface area contributed by atoms with E-state index >= 15 is 0 Å². The molecule has 0 aromatic heterocycles. The number of benzene rings is 1. The molecule has 2 N–H and O–H groups in total. The minimum absolute atomic E-state index is 0.00356. The first-order chi connectivity index (χ1) is 7.40. The number of aliphatic carboxylic acids is 1. The van der Waals surface area contributed by atoms with Gasteiger partial charge in [0.2, 0.25) is 0 Å². The van der Waals surface area contributed by atoms with Gasteiger partial charge < -0.3 is 14.9 Å². The van der Waals surface area contributed by atoms with E-state index in [1.54, 1.807) is 0 Å². The normalized spacial score (nSPS) is 12.3. The third-order valence-corrected chi connectivity index (χ3v) is 2.47. The van der Waals surface area contributed by atoms with Crippen LogP contribution in [0.15, 0.2) is 6.07 Å². The zero-order valence-electron chi connectivity index (χ0n) is 8.62. The number of carbonyl (C=O) groups is 1. The quantitative estimate of drug-likeness (QED) is 0.858. The number of ether oxygens (including phenoxy) is 1. The van der Waals surface area contributed by atoms with Crippen molar-refractivity contribution in [3.8, 4) is 5.75 Å². The van der Waals surface area contributed by atoms with Crippen LogP contribution in [0.1, 0.15) is 17.2 Å². The molecule has 0 saturated carbocycles. The van der Waals surface area contributed by atoms with Gasteiger partial charge in [-0.2, -0.15) is 0 Å². The van der Waals surface area contributed by atoms with Crippen LogP contribution in [0.2, 0.25) is 5.02 Å². The predicted molar refractivity (Wildman–Crippen MR) is 55.3 cm³/mol. The zero-order chi connectivity index (χ0) is 12.5. The van der Waals surface area contributed by atoms with Crippen LogP contribution in [0.25, 0.3) is 0 Å². The summed E-state index contributed by atoms with van der Waals surface area (Å²) in [5.74, 6) is -2.22. The number of hydrogen-bond donors (Lipinski definition) is 2. The van der Waals surface area contributed by atoms with E-state index in [0.29, 0.717) is 0 Å². The van der Waals surface area contributed by atoms with Crippen molar-refractivity contribution in [1.29, 1.82) is 0 Å². The highest BCUT2D eigenvalue weighted by atomic mass is 35.5. The van der Waals surface area contributed by atoms with Gasteiger partial charge >= 0.3 is 5.97 Å². The van der Waals surface area contributed by atoms with Crippen molar-refractivity contribution in [3.63, 3.8) is 0 Å². The number of aliphatic hydroxyl groups excluding tert-OH is 1. The minimum Gasteiger partial charge on any atom is -0.495 e. The van der Waals surface area contributed by atoms with E-state index in [9.17, 15) is 14.3 Å². The fraction of sp³-hybridized carbons (Fsp3) is 0.300. The van der Waals surface area contributed by atoms with Crippen molar-refractivity contribution in [2.24, 2.45) is 0 Å². The Kier molecular flexibility index (Phi) is 3.72. The second-order valence-electron chi connectivity index (χ2n) is 3.15. The first kappa shape index (κ1) is 12.7. The Labute approximate surface area is 96.2 Å². The lowest BCUT2D eigenvalue weighted by molar-refractivity contribution is -0.147. The molecule has 16 heavy (non-hydrogen) atoms. The summed E-state index contributed by atoms with van der Waals surface area (Å²) in [7, 11) is 1.26. The molecule has 88 valence electrons. The van der Waals surface area contributed by atoms with E-state index in [4.69, 9.17) is 21.4 Å². The highest BCUT2D eigenvalue weighted by molar-refractivity contribution is 6.32. The number of carboxylic acids is 1. The van der Waals surface area contributed by atoms with E-state index in [1.807, 2.05) is 0 Å². The first-order valence-electron chi connectivity index (χ1n) is 4.33. The average molecular weight is 249 g/mol. The second kappa shape index (κ2) is 4.67. The Balaban J connectivity index is 3.50. The summed E-state index contributed by atoms with van der Waals surface area (Å²) >= 11 is 5.69. The van der Waals surface area contributed by atoms with Crippen molar-refractivity contribution in [2.45, 2.75) is 13.0 Å². The van der Waals surface area contributed by atoms with E-state index in [2.05, 4.69) is 0 Å². The van der Waals surface area contributed by atoms with Gasteiger partial charge in [-0.1, -0.05) is 11.6 Å². The van der Waals surface area contributed by atoms with Gasteiger partial charge in [-0.25, -0.2) is 9.18 Å². The largest absolute Gasteiger partial charge is 0.495 e. The fourth-order valence-corrected chi connectivity index (χ4v) is 1.65. The number of hydrogen-bond acceptors (Lipinski definition) is 3. The fourth-order valence-electron chi connectivity index (χ4n) is 1.37. The molecule has 1 atom stereocenters. The molecular formula is C10H10ClFO4. The average Bonchev–Trinajstić information content (AvgIpc) is 2.21.